The number of halogens is 12. The van der Waals surface area contributed by atoms with Crippen LogP contribution in [-0.2, 0) is 0 Å². The van der Waals surface area contributed by atoms with Crippen molar-refractivity contribution in [1.29, 1.82) is 0 Å². The molecule has 38 heavy (non-hydrogen) atoms. The summed E-state index contributed by atoms with van der Waals surface area (Å²) in [4.78, 5) is 0. The second-order valence-corrected chi connectivity index (χ2v) is 12.2. The zero-order chi connectivity index (χ0) is 27.8. The van der Waals surface area contributed by atoms with Crippen molar-refractivity contribution in [2.24, 2.45) is 0 Å². The average molecular weight is 750 g/mol. The highest BCUT2D eigenvalue weighted by Crippen LogP contribution is 2.50. The quantitative estimate of drug-likeness (QED) is 0.114. The second kappa shape index (κ2) is 11.0. The number of rotatable bonds is 0. The summed E-state index contributed by atoms with van der Waals surface area (Å²) in [6, 6.07) is 6.77. The summed E-state index contributed by atoms with van der Waals surface area (Å²) in [7, 11) is 0. The molecule has 0 aliphatic carbocycles. The molecular formula is C24H4Cl12O2. The van der Waals surface area contributed by atoms with Crippen LogP contribution in [0.4, 0.5) is 0 Å². The van der Waals surface area contributed by atoms with E-state index in [1.807, 2.05) is 0 Å². The molecule has 0 spiro atoms. The third-order valence-electron chi connectivity index (χ3n) is 5.49. The van der Waals surface area contributed by atoms with Gasteiger partial charge in [0.05, 0.1) is 51.0 Å². The van der Waals surface area contributed by atoms with Gasteiger partial charge in [0.15, 0.2) is 22.3 Å². The molecule has 14 heteroatoms. The topological polar surface area (TPSA) is 26.3 Å². The highest BCUT2D eigenvalue weighted by atomic mass is 35.5. The summed E-state index contributed by atoms with van der Waals surface area (Å²) < 4.78 is 11.3. The van der Waals surface area contributed by atoms with E-state index < -0.39 is 0 Å². The molecule has 6 aromatic rings. The molecule has 0 radical (unpaired) electrons. The summed E-state index contributed by atoms with van der Waals surface area (Å²) >= 11 is 72.8. The maximum absolute atomic E-state index is 6.20. The molecule has 0 aliphatic rings. The van der Waals surface area contributed by atoms with Gasteiger partial charge in [-0.15, -0.1) is 0 Å². The molecule has 4 aromatic carbocycles. The Hall–Kier alpha value is -0.0400. The van der Waals surface area contributed by atoms with Gasteiger partial charge in [0.25, 0.3) is 0 Å². The maximum atomic E-state index is 6.20. The van der Waals surface area contributed by atoms with Gasteiger partial charge in [-0.2, -0.15) is 0 Å². The van der Waals surface area contributed by atoms with Gasteiger partial charge in [-0.3, -0.25) is 0 Å². The van der Waals surface area contributed by atoms with E-state index in [4.69, 9.17) is 148 Å². The average Bonchev–Trinajstić information content (AvgIpc) is 3.49. The lowest BCUT2D eigenvalue weighted by Crippen LogP contribution is -1.77. The van der Waals surface area contributed by atoms with E-state index in [-0.39, 0.29) is 50.2 Å². The van der Waals surface area contributed by atoms with Crippen LogP contribution in [0.1, 0.15) is 0 Å². The molecule has 2 heterocycles. The third kappa shape index (κ3) is 4.58. The summed E-state index contributed by atoms with van der Waals surface area (Å²) in [5, 5.41) is 5.34. The SMILES string of the molecule is Clc1ccc2c(oc3c(Cl)c(Cl)c(Cl)c(Cl)c32)c1Cl.Clc1ccc2c(oc3c(Cl)c(Cl)c(Cl)c(Cl)c32)c1Cl. The van der Waals surface area contributed by atoms with Gasteiger partial charge >= 0.3 is 0 Å². The summed E-state index contributed by atoms with van der Waals surface area (Å²) in [5.74, 6) is 0. The summed E-state index contributed by atoms with van der Waals surface area (Å²) in [6.07, 6.45) is 0. The minimum absolute atomic E-state index is 0.141. The van der Waals surface area contributed by atoms with Gasteiger partial charge in [-0.1, -0.05) is 139 Å². The fourth-order valence-electron chi connectivity index (χ4n) is 3.76. The van der Waals surface area contributed by atoms with Crippen molar-refractivity contribution in [2.75, 3.05) is 0 Å². The fraction of sp³-hybridized carbons (Fsp3) is 0. The minimum Gasteiger partial charge on any atom is -0.453 e. The van der Waals surface area contributed by atoms with Crippen LogP contribution in [0, 0.1) is 0 Å². The number of furan rings is 2. The molecule has 0 aliphatic heterocycles. The molecule has 0 N–H and O–H groups in total. The Morgan fingerprint density at radius 1 is 0.316 bits per heavy atom. The van der Waals surface area contributed by atoms with Crippen molar-refractivity contribution >= 4 is 183 Å². The molecule has 196 valence electrons. The normalized spacial score (nSPS) is 11.7. The first-order valence-corrected chi connectivity index (χ1v) is 14.4. The van der Waals surface area contributed by atoms with Crippen LogP contribution in [0.5, 0.6) is 0 Å². The van der Waals surface area contributed by atoms with Crippen LogP contribution in [0.25, 0.3) is 43.9 Å². The molecule has 0 amide bonds. The molecular weight excluding hydrogens is 746 g/mol. The Labute approximate surface area is 273 Å². The van der Waals surface area contributed by atoms with Gasteiger partial charge in [0.2, 0.25) is 0 Å². The van der Waals surface area contributed by atoms with Crippen LogP contribution in [0.2, 0.25) is 60.3 Å². The van der Waals surface area contributed by atoms with E-state index in [2.05, 4.69) is 0 Å². The predicted molar refractivity (Wildman–Crippen MR) is 168 cm³/mol. The first-order chi connectivity index (χ1) is 17.9. The Morgan fingerprint density at radius 3 is 0.974 bits per heavy atom. The lowest BCUT2D eigenvalue weighted by Gasteiger charge is -2.03. The molecule has 0 saturated heterocycles. The Morgan fingerprint density at radius 2 is 0.632 bits per heavy atom. The maximum Gasteiger partial charge on any atom is 0.157 e. The first kappa shape index (κ1) is 29.5. The lowest BCUT2D eigenvalue weighted by molar-refractivity contribution is 0.669. The lowest BCUT2D eigenvalue weighted by atomic mass is 10.1. The van der Waals surface area contributed by atoms with Crippen molar-refractivity contribution in [3.05, 3.63) is 84.5 Å². The molecule has 0 bridgehead atoms. The predicted octanol–water partition coefficient (Wildman–Crippen LogP) is 15.0. The van der Waals surface area contributed by atoms with Crippen molar-refractivity contribution in [3.8, 4) is 0 Å². The zero-order valence-corrected chi connectivity index (χ0v) is 26.7. The van der Waals surface area contributed by atoms with Crippen LogP contribution >= 0.6 is 139 Å². The van der Waals surface area contributed by atoms with Gasteiger partial charge in [-0.05, 0) is 24.3 Å². The fourth-order valence-corrected chi connectivity index (χ4v) is 6.41. The molecule has 0 atom stereocenters. The standard InChI is InChI=1S/2C12H2Cl6O/c2*13-4-2-1-3-5-7(15)8(16)9(17)10(18)12(5)19-11(3)6(4)14/h2*1-2H. The molecule has 0 unspecified atom stereocenters. The van der Waals surface area contributed by atoms with Crippen LogP contribution in [-0.4, -0.2) is 0 Å². The van der Waals surface area contributed by atoms with E-state index in [0.29, 0.717) is 53.9 Å². The summed E-state index contributed by atoms with van der Waals surface area (Å²) in [6.45, 7) is 0. The largest absolute Gasteiger partial charge is 0.453 e. The number of hydrogen-bond acceptors (Lipinski definition) is 2. The monoisotopic (exact) mass is 744 g/mol. The van der Waals surface area contributed by atoms with Crippen molar-refractivity contribution in [2.45, 2.75) is 0 Å². The van der Waals surface area contributed by atoms with Crippen molar-refractivity contribution < 1.29 is 8.83 Å². The molecule has 0 fully saturated rings. The van der Waals surface area contributed by atoms with Crippen LogP contribution in [0.15, 0.2) is 33.1 Å². The molecule has 6 rings (SSSR count). The highest BCUT2D eigenvalue weighted by Gasteiger charge is 2.24. The minimum atomic E-state index is 0.141. The van der Waals surface area contributed by atoms with E-state index in [1.165, 1.54) is 0 Å². The number of benzene rings is 4. The van der Waals surface area contributed by atoms with Gasteiger partial charge in [0, 0.05) is 10.8 Å². The Bertz CT molecular complexity index is 1810. The zero-order valence-electron chi connectivity index (χ0n) is 17.7. The van der Waals surface area contributed by atoms with E-state index in [0.717, 1.165) is 0 Å². The first-order valence-electron chi connectivity index (χ1n) is 9.91. The smallest absolute Gasteiger partial charge is 0.157 e. The van der Waals surface area contributed by atoms with Crippen LogP contribution in [0.3, 0.4) is 0 Å². The summed E-state index contributed by atoms with van der Waals surface area (Å²) in [5.41, 5.74) is 1.46. The van der Waals surface area contributed by atoms with Gasteiger partial charge in [0.1, 0.15) is 20.1 Å². The number of fused-ring (bicyclic) bond motifs is 6. The Kier molecular flexibility index (Phi) is 8.51. The molecule has 2 aromatic heterocycles. The molecule has 0 saturated carbocycles. The van der Waals surface area contributed by atoms with Crippen molar-refractivity contribution in [3.63, 3.8) is 0 Å². The van der Waals surface area contributed by atoms with E-state index >= 15 is 0 Å². The van der Waals surface area contributed by atoms with E-state index in [9.17, 15) is 0 Å². The number of hydrogen-bond donors (Lipinski definition) is 0. The molecule has 2 nitrogen and oxygen atoms in total. The van der Waals surface area contributed by atoms with Crippen LogP contribution < -0.4 is 0 Å². The second-order valence-electron chi connectivity index (χ2n) is 7.60. The van der Waals surface area contributed by atoms with E-state index in [1.54, 1.807) is 24.3 Å². The third-order valence-corrected chi connectivity index (χ3v) is 10.6. The van der Waals surface area contributed by atoms with Gasteiger partial charge < -0.3 is 8.83 Å². The Balaban J connectivity index is 0.000000155. The van der Waals surface area contributed by atoms with Crippen molar-refractivity contribution in [1.82, 2.24) is 0 Å². The van der Waals surface area contributed by atoms with Gasteiger partial charge in [-0.25, -0.2) is 0 Å². The highest BCUT2D eigenvalue weighted by molar-refractivity contribution is 6.57.